The molecule has 0 radical (unpaired) electrons. The summed E-state index contributed by atoms with van der Waals surface area (Å²) >= 11 is 0. The number of hydrazone groups is 1. The van der Waals surface area contributed by atoms with Gasteiger partial charge in [0.2, 0.25) is 5.91 Å². The molecule has 1 N–H and O–H groups in total. The van der Waals surface area contributed by atoms with Crippen LogP contribution in [0.3, 0.4) is 0 Å². The summed E-state index contributed by atoms with van der Waals surface area (Å²) in [6, 6.07) is 7.99. The first kappa shape index (κ1) is 22.8. The molecule has 3 heterocycles. The molecule has 33 heavy (non-hydrogen) atoms. The van der Waals surface area contributed by atoms with Gasteiger partial charge in [-0.2, -0.15) is 5.10 Å². The van der Waals surface area contributed by atoms with E-state index in [9.17, 15) is 18.2 Å². The third-order valence-corrected chi connectivity index (χ3v) is 6.58. The lowest BCUT2D eigenvalue weighted by molar-refractivity contribution is -0.119. The molecular weight excluding hydrogens is 449 g/mol. The van der Waals surface area contributed by atoms with Gasteiger partial charge in [0.15, 0.2) is 0 Å². The van der Waals surface area contributed by atoms with E-state index in [1.807, 2.05) is 5.01 Å². The molecule has 2 aromatic rings. The van der Waals surface area contributed by atoms with E-state index in [4.69, 9.17) is 4.74 Å². The molecule has 174 valence electrons. The highest BCUT2D eigenvalue weighted by Crippen LogP contribution is 2.28. The summed E-state index contributed by atoms with van der Waals surface area (Å²) in [5.74, 6) is 0.513. The van der Waals surface area contributed by atoms with Crippen molar-refractivity contribution in [2.75, 3.05) is 42.6 Å². The third-order valence-electron chi connectivity index (χ3n) is 5.30. The molecule has 0 saturated carbocycles. The van der Waals surface area contributed by atoms with Crippen molar-refractivity contribution in [3.05, 3.63) is 47.9 Å². The summed E-state index contributed by atoms with van der Waals surface area (Å²) in [6.07, 6.45) is 2.21. The van der Waals surface area contributed by atoms with E-state index in [-0.39, 0.29) is 19.0 Å². The minimum atomic E-state index is -0.752. The second-order valence-corrected chi connectivity index (χ2v) is 9.44. The van der Waals surface area contributed by atoms with Gasteiger partial charge in [0.1, 0.15) is 11.9 Å². The molecule has 2 amide bonds. The zero-order valence-electron chi connectivity index (χ0n) is 18.1. The zero-order chi connectivity index (χ0) is 23.4. The molecule has 0 unspecified atom stereocenters. The van der Waals surface area contributed by atoms with E-state index in [2.05, 4.69) is 15.4 Å². The van der Waals surface area contributed by atoms with E-state index >= 15 is 0 Å². The van der Waals surface area contributed by atoms with Crippen LogP contribution in [0.1, 0.15) is 12.5 Å². The van der Waals surface area contributed by atoms with Gasteiger partial charge < -0.3 is 10.1 Å². The van der Waals surface area contributed by atoms with Gasteiger partial charge in [-0.05, 0) is 30.3 Å². The lowest BCUT2D eigenvalue weighted by Crippen LogP contribution is -2.34. The van der Waals surface area contributed by atoms with Crippen LogP contribution >= 0.6 is 0 Å². The normalized spacial score (nSPS) is 19.2. The minimum absolute atomic E-state index is 0.203. The Bertz CT molecular complexity index is 1080. The number of nitrogens with one attached hydrogen (secondary N) is 1. The fourth-order valence-electron chi connectivity index (χ4n) is 3.51. The summed E-state index contributed by atoms with van der Waals surface area (Å²) < 4.78 is 31.5. The highest BCUT2D eigenvalue weighted by atomic mass is 32.2. The van der Waals surface area contributed by atoms with E-state index in [1.54, 1.807) is 36.7 Å². The number of anilines is 1. The van der Waals surface area contributed by atoms with Crippen LogP contribution in [0.5, 0.6) is 0 Å². The highest BCUT2D eigenvalue weighted by Gasteiger charge is 2.32. The Morgan fingerprint density at radius 2 is 2.12 bits per heavy atom. The first-order valence-corrected chi connectivity index (χ1v) is 12.0. The van der Waals surface area contributed by atoms with Crippen LogP contribution in [0.15, 0.2) is 41.6 Å². The third kappa shape index (κ3) is 5.72. The first-order chi connectivity index (χ1) is 15.9. The number of pyridine rings is 1. The molecule has 9 nitrogen and oxygen atoms in total. The number of cyclic esters (lactones) is 1. The molecule has 2 aliphatic heterocycles. The van der Waals surface area contributed by atoms with Crippen LogP contribution in [0, 0.1) is 5.82 Å². The number of benzene rings is 1. The molecule has 1 atom stereocenters. The Labute approximate surface area is 193 Å². The molecule has 11 heteroatoms. The number of rotatable bonds is 6. The molecule has 2 fully saturated rings. The summed E-state index contributed by atoms with van der Waals surface area (Å²) in [5, 5.41) is 8.87. The van der Waals surface area contributed by atoms with Gasteiger partial charge in [0.05, 0.1) is 30.7 Å². The number of aromatic nitrogens is 1. The fourth-order valence-corrected chi connectivity index (χ4v) is 4.54. The maximum atomic E-state index is 14.9. The Hall–Kier alpha value is -3.34. The molecule has 0 aliphatic carbocycles. The molecular formula is C22H24FN5O4S. The molecule has 0 spiro atoms. The summed E-state index contributed by atoms with van der Waals surface area (Å²) in [5.41, 5.74) is 1.91. The van der Waals surface area contributed by atoms with E-state index < -0.39 is 28.8 Å². The number of halogens is 1. The van der Waals surface area contributed by atoms with Crippen molar-refractivity contribution >= 4 is 34.7 Å². The van der Waals surface area contributed by atoms with Gasteiger partial charge in [-0.3, -0.25) is 23.9 Å². The van der Waals surface area contributed by atoms with Crippen molar-refractivity contribution in [3.8, 4) is 11.3 Å². The van der Waals surface area contributed by atoms with Crippen LogP contribution in [0.2, 0.25) is 0 Å². The lowest BCUT2D eigenvalue weighted by atomic mass is 10.1. The van der Waals surface area contributed by atoms with Crippen molar-refractivity contribution in [3.63, 3.8) is 0 Å². The Kier molecular flexibility index (Phi) is 6.97. The van der Waals surface area contributed by atoms with Gasteiger partial charge in [-0.15, -0.1) is 0 Å². The second kappa shape index (κ2) is 10.1. The second-order valence-electron chi connectivity index (χ2n) is 7.74. The number of amides is 2. The summed E-state index contributed by atoms with van der Waals surface area (Å²) in [6.45, 7) is 3.12. The predicted octanol–water partition coefficient (Wildman–Crippen LogP) is 1.75. The average Bonchev–Trinajstić information content (AvgIpc) is 3.18. The van der Waals surface area contributed by atoms with E-state index in [0.29, 0.717) is 41.5 Å². The van der Waals surface area contributed by atoms with E-state index in [1.165, 1.54) is 17.9 Å². The number of nitrogens with zero attached hydrogens (tertiary/aromatic N) is 4. The van der Waals surface area contributed by atoms with Crippen LogP contribution in [-0.2, 0) is 20.3 Å². The highest BCUT2D eigenvalue weighted by molar-refractivity contribution is 7.85. The Morgan fingerprint density at radius 1 is 1.33 bits per heavy atom. The quantitative estimate of drug-likeness (QED) is 0.641. The van der Waals surface area contributed by atoms with Gasteiger partial charge >= 0.3 is 6.09 Å². The molecule has 1 aromatic heterocycles. The van der Waals surface area contributed by atoms with Crippen molar-refractivity contribution in [1.29, 1.82) is 0 Å². The smallest absolute Gasteiger partial charge is 0.414 e. The van der Waals surface area contributed by atoms with Crippen LogP contribution in [0.4, 0.5) is 14.9 Å². The number of hydrogen-bond donors (Lipinski definition) is 1. The number of carbonyl (C=O) groups excluding carboxylic acids is 2. The van der Waals surface area contributed by atoms with Crippen molar-refractivity contribution < 1.29 is 22.9 Å². The monoisotopic (exact) mass is 473 g/mol. The van der Waals surface area contributed by atoms with Crippen molar-refractivity contribution in [2.24, 2.45) is 5.10 Å². The molecule has 2 aliphatic rings. The maximum Gasteiger partial charge on any atom is 0.414 e. The average molecular weight is 474 g/mol. The topological polar surface area (TPSA) is 104 Å². The molecule has 0 bridgehead atoms. The van der Waals surface area contributed by atoms with Crippen molar-refractivity contribution in [2.45, 2.75) is 13.0 Å². The Morgan fingerprint density at radius 3 is 2.79 bits per heavy atom. The van der Waals surface area contributed by atoms with Gasteiger partial charge in [-0.1, -0.05) is 0 Å². The number of carbonyl (C=O) groups is 2. The molecule has 1 aromatic carbocycles. The van der Waals surface area contributed by atoms with Gasteiger partial charge in [0.25, 0.3) is 0 Å². The SMILES string of the molecule is CC(=O)NC[C@H]1CN(c2ccc(-c3ccc(/C=N/N4CCS(=O)CC4)cn3)c(F)c2)C(=O)O1. The summed E-state index contributed by atoms with van der Waals surface area (Å²) in [4.78, 5) is 28.9. The first-order valence-electron chi connectivity index (χ1n) is 10.5. The van der Waals surface area contributed by atoms with Gasteiger partial charge in [0, 0.05) is 59.6 Å². The molecule has 2 saturated heterocycles. The standard InChI is InChI=1S/C22H24FN5O4S/c1-15(29)24-13-18-14-28(22(30)32-18)17-3-4-19(20(23)10-17)21-5-2-16(11-25-21)12-26-27-6-8-33(31)9-7-27/h2-5,10-12,18H,6-9,13-14H2,1H3,(H,24,29)/b26-12+/t18-/m0/s1. The lowest BCUT2D eigenvalue weighted by Gasteiger charge is -2.22. The largest absolute Gasteiger partial charge is 0.442 e. The van der Waals surface area contributed by atoms with Crippen LogP contribution in [-0.4, -0.2) is 76.2 Å². The minimum Gasteiger partial charge on any atom is -0.442 e. The molecule has 4 rings (SSSR count). The van der Waals surface area contributed by atoms with Gasteiger partial charge in [-0.25, -0.2) is 9.18 Å². The van der Waals surface area contributed by atoms with Crippen molar-refractivity contribution in [1.82, 2.24) is 15.3 Å². The van der Waals surface area contributed by atoms with Crippen LogP contribution in [0.25, 0.3) is 11.3 Å². The fraction of sp³-hybridized carbons (Fsp3) is 0.364. The van der Waals surface area contributed by atoms with E-state index in [0.717, 1.165) is 5.56 Å². The zero-order valence-corrected chi connectivity index (χ0v) is 18.9. The van der Waals surface area contributed by atoms with Crippen LogP contribution < -0.4 is 10.2 Å². The Balaban J connectivity index is 1.41. The number of ether oxygens (including phenoxy) is 1. The number of hydrogen-bond acceptors (Lipinski definition) is 7. The predicted molar refractivity (Wildman–Crippen MR) is 123 cm³/mol. The summed E-state index contributed by atoms with van der Waals surface area (Å²) in [7, 11) is -0.752. The maximum absolute atomic E-state index is 14.9.